The molecule has 176 valence electrons. The molecule has 0 atom stereocenters. The number of benzene rings is 1. The first-order valence-corrected chi connectivity index (χ1v) is 11.4. The predicted molar refractivity (Wildman–Crippen MR) is 126 cm³/mol. The topological polar surface area (TPSA) is 73.3 Å². The van der Waals surface area contributed by atoms with Crippen LogP contribution in [0.1, 0.15) is 50.5 Å². The van der Waals surface area contributed by atoms with E-state index in [-0.39, 0.29) is 5.41 Å². The van der Waals surface area contributed by atoms with Crippen LogP contribution in [0.15, 0.2) is 23.2 Å². The molecule has 0 amide bonds. The van der Waals surface area contributed by atoms with Gasteiger partial charge in [-0.2, -0.15) is 0 Å². The molecule has 31 heavy (non-hydrogen) atoms. The predicted octanol–water partition coefficient (Wildman–Crippen LogP) is 3.51. The van der Waals surface area contributed by atoms with E-state index >= 15 is 0 Å². The molecule has 7 heteroatoms. The van der Waals surface area contributed by atoms with Gasteiger partial charge in [0, 0.05) is 39.3 Å². The molecular formula is C24H41N3O4. The van der Waals surface area contributed by atoms with Gasteiger partial charge in [-0.3, -0.25) is 4.99 Å². The van der Waals surface area contributed by atoms with Crippen molar-refractivity contribution in [1.82, 2.24) is 10.6 Å². The van der Waals surface area contributed by atoms with Crippen molar-refractivity contribution in [3.63, 3.8) is 0 Å². The lowest BCUT2D eigenvalue weighted by Crippen LogP contribution is -2.46. The standard InChI is InChI=1S/C24H41N3O4/c1-25-23(26-14-8-9-15-31-17-16-28-2)27-19-24(12-6-5-7-13-24)20-10-11-21(29-3)22(18-20)30-4/h10-11,18H,5-9,12-17,19H2,1-4H3,(H2,25,26,27). The molecule has 0 bridgehead atoms. The summed E-state index contributed by atoms with van der Waals surface area (Å²) in [4.78, 5) is 4.42. The van der Waals surface area contributed by atoms with Crippen LogP contribution in [0.2, 0.25) is 0 Å². The highest BCUT2D eigenvalue weighted by Gasteiger charge is 2.34. The van der Waals surface area contributed by atoms with Crippen molar-refractivity contribution in [3.8, 4) is 11.5 Å². The van der Waals surface area contributed by atoms with Gasteiger partial charge >= 0.3 is 0 Å². The number of ether oxygens (including phenoxy) is 4. The van der Waals surface area contributed by atoms with Crippen LogP contribution in [0.3, 0.4) is 0 Å². The monoisotopic (exact) mass is 435 g/mol. The molecule has 0 radical (unpaired) electrons. The van der Waals surface area contributed by atoms with E-state index < -0.39 is 0 Å². The molecule has 1 saturated carbocycles. The number of rotatable bonds is 13. The Bertz CT molecular complexity index is 660. The third-order valence-electron chi connectivity index (χ3n) is 6.06. The van der Waals surface area contributed by atoms with Gasteiger partial charge in [0.05, 0.1) is 27.4 Å². The molecule has 0 aromatic heterocycles. The van der Waals surface area contributed by atoms with Gasteiger partial charge in [0.2, 0.25) is 0 Å². The van der Waals surface area contributed by atoms with Crippen molar-refractivity contribution in [3.05, 3.63) is 23.8 Å². The highest BCUT2D eigenvalue weighted by molar-refractivity contribution is 5.79. The van der Waals surface area contributed by atoms with Crippen LogP contribution in [0.4, 0.5) is 0 Å². The van der Waals surface area contributed by atoms with Crippen LogP contribution in [0, 0.1) is 0 Å². The Hall–Kier alpha value is -1.99. The Morgan fingerprint density at radius 1 is 0.935 bits per heavy atom. The van der Waals surface area contributed by atoms with Crippen LogP contribution in [-0.4, -0.2) is 67.2 Å². The van der Waals surface area contributed by atoms with Gasteiger partial charge in [0.1, 0.15) is 0 Å². The first-order valence-electron chi connectivity index (χ1n) is 11.4. The minimum absolute atomic E-state index is 0.0740. The molecule has 0 unspecified atom stereocenters. The molecule has 2 rings (SSSR count). The van der Waals surface area contributed by atoms with Crippen molar-refractivity contribution >= 4 is 5.96 Å². The smallest absolute Gasteiger partial charge is 0.191 e. The quantitative estimate of drug-likeness (QED) is 0.281. The number of hydrogen-bond acceptors (Lipinski definition) is 5. The third-order valence-corrected chi connectivity index (χ3v) is 6.06. The second-order valence-corrected chi connectivity index (χ2v) is 8.08. The van der Waals surface area contributed by atoms with E-state index in [0.29, 0.717) is 13.2 Å². The Labute approximate surface area is 187 Å². The first-order chi connectivity index (χ1) is 15.2. The summed E-state index contributed by atoms with van der Waals surface area (Å²) in [5.41, 5.74) is 1.38. The van der Waals surface area contributed by atoms with Gasteiger partial charge < -0.3 is 29.6 Å². The number of methoxy groups -OCH3 is 3. The van der Waals surface area contributed by atoms with Gasteiger partial charge in [0.15, 0.2) is 17.5 Å². The lowest BCUT2D eigenvalue weighted by molar-refractivity contribution is 0.0689. The van der Waals surface area contributed by atoms with E-state index in [9.17, 15) is 0 Å². The van der Waals surface area contributed by atoms with Crippen molar-refractivity contribution in [2.45, 2.75) is 50.4 Å². The largest absolute Gasteiger partial charge is 0.493 e. The number of aliphatic imine (C=N–C) groups is 1. The Morgan fingerprint density at radius 2 is 1.71 bits per heavy atom. The zero-order valence-electron chi connectivity index (χ0n) is 19.8. The Kier molecular flexibility index (Phi) is 11.5. The maximum atomic E-state index is 5.57. The molecule has 0 spiro atoms. The van der Waals surface area contributed by atoms with E-state index in [1.54, 1.807) is 21.3 Å². The minimum atomic E-state index is 0.0740. The molecule has 0 aliphatic heterocycles. The lowest BCUT2D eigenvalue weighted by atomic mass is 9.69. The summed E-state index contributed by atoms with van der Waals surface area (Å²) < 4.78 is 21.5. The SMILES string of the molecule is CN=C(NCCCCOCCOC)NCC1(c2ccc(OC)c(OC)c2)CCCCC1. The van der Waals surface area contributed by atoms with Crippen molar-refractivity contribution in [2.75, 3.05) is 61.3 Å². The number of hydrogen-bond donors (Lipinski definition) is 2. The molecule has 1 aromatic carbocycles. The molecular weight excluding hydrogens is 394 g/mol. The van der Waals surface area contributed by atoms with Gasteiger partial charge in [-0.15, -0.1) is 0 Å². The fraction of sp³-hybridized carbons (Fsp3) is 0.708. The fourth-order valence-corrected chi connectivity index (χ4v) is 4.22. The Morgan fingerprint density at radius 3 is 2.39 bits per heavy atom. The van der Waals surface area contributed by atoms with Crippen molar-refractivity contribution in [1.29, 1.82) is 0 Å². The zero-order chi connectivity index (χ0) is 22.4. The van der Waals surface area contributed by atoms with Crippen LogP contribution < -0.4 is 20.1 Å². The average molecular weight is 436 g/mol. The summed E-state index contributed by atoms with van der Waals surface area (Å²) in [5, 5.41) is 7.02. The normalized spacial score (nSPS) is 16.1. The summed E-state index contributed by atoms with van der Waals surface area (Å²) in [5.74, 6) is 2.42. The summed E-state index contributed by atoms with van der Waals surface area (Å²) in [6, 6.07) is 6.35. The molecule has 0 saturated heterocycles. The van der Waals surface area contributed by atoms with E-state index in [4.69, 9.17) is 18.9 Å². The van der Waals surface area contributed by atoms with Gasteiger partial charge in [-0.1, -0.05) is 25.3 Å². The van der Waals surface area contributed by atoms with E-state index in [2.05, 4.69) is 27.8 Å². The zero-order valence-corrected chi connectivity index (χ0v) is 19.8. The van der Waals surface area contributed by atoms with Crippen molar-refractivity contribution < 1.29 is 18.9 Å². The van der Waals surface area contributed by atoms with Crippen LogP contribution in [0.5, 0.6) is 11.5 Å². The first kappa shape index (κ1) is 25.3. The number of guanidine groups is 1. The number of nitrogens with one attached hydrogen (secondary N) is 2. The number of nitrogens with zero attached hydrogens (tertiary/aromatic N) is 1. The van der Waals surface area contributed by atoms with Gasteiger partial charge in [0.25, 0.3) is 0 Å². The average Bonchev–Trinajstić information content (AvgIpc) is 2.82. The van der Waals surface area contributed by atoms with Gasteiger partial charge in [-0.05, 0) is 43.4 Å². The summed E-state index contributed by atoms with van der Waals surface area (Å²) in [7, 11) is 6.89. The molecule has 1 aromatic rings. The van der Waals surface area contributed by atoms with Crippen molar-refractivity contribution in [2.24, 2.45) is 4.99 Å². The summed E-state index contributed by atoms with van der Waals surface area (Å²) in [6.07, 6.45) is 8.15. The molecule has 7 nitrogen and oxygen atoms in total. The molecule has 0 heterocycles. The second kappa shape index (κ2) is 14.1. The molecule has 1 aliphatic carbocycles. The number of unbranched alkanes of at least 4 members (excludes halogenated alkanes) is 1. The summed E-state index contributed by atoms with van der Waals surface area (Å²) >= 11 is 0. The Balaban J connectivity index is 1.90. The fourth-order valence-electron chi connectivity index (χ4n) is 4.22. The van der Waals surface area contributed by atoms with E-state index in [1.807, 2.05) is 13.1 Å². The second-order valence-electron chi connectivity index (χ2n) is 8.08. The van der Waals surface area contributed by atoms with Crippen LogP contribution in [0.25, 0.3) is 0 Å². The maximum Gasteiger partial charge on any atom is 0.191 e. The molecule has 2 N–H and O–H groups in total. The molecule has 1 fully saturated rings. The van der Waals surface area contributed by atoms with E-state index in [0.717, 1.165) is 62.8 Å². The summed E-state index contributed by atoms with van der Waals surface area (Å²) in [6.45, 7) is 3.79. The van der Waals surface area contributed by atoms with Crippen LogP contribution >= 0.6 is 0 Å². The third kappa shape index (κ3) is 7.89. The maximum absolute atomic E-state index is 5.57. The van der Waals surface area contributed by atoms with E-state index in [1.165, 1.54) is 24.8 Å². The van der Waals surface area contributed by atoms with Gasteiger partial charge in [-0.25, -0.2) is 0 Å². The highest BCUT2D eigenvalue weighted by atomic mass is 16.5. The minimum Gasteiger partial charge on any atom is -0.493 e. The lowest BCUT2D eigenvalue weighted by Gasteiger charge is -2.38. The molecule has 1 aliphatic rings. The highest BCUT2D eigenvalue weighted by Crippen LogP contribution is 2.42. The van der Waals surface area contributed by atoms with Crippen LogP contribution in [-0.2, 0) is 14.9 Å².